The number of para-hydroxylation sites is 1. The molecule has 0 aliphatic carbocycles. The quantitative estimate of drug-likeness (QED) is 0.906. The minimum atomic E-state index is -1.05. The van der Waals surface area contributed by atoms with Gasteiger partial charge in [-0.3, -0.25) is 4.79 Å². The van der Waals surface area contributed by atoms with Gasteiger partial charge in [-0.05, 0) is 12.1 Å². The Hall–Kier alpha value is -1.95. The lowest BCUT2D eigenvalue weighted by molar-refractivity contribution is -0.136. The summed E-state index contributed by atoms with van der Waals surface area (Å²) in [6.45, 7) is 0. The molecule has 1 N–H and O–H groups in total. The zero-order valence-corrected chi connectivity index (χ0v) is 9.23. The van der Waals surface area contributed by atoms with E-state index in [0.29, 0.717) is 0 Å². The van der Waals surface area contributed by atoms with E-state index in [4.69, 9.17) is 16.7 Å². The molecule has 0 atom stereocenters. The lowest BCUT2D eigenvalue weighted by Crippen LogP contribution is -2.09. The lowest BCUT2D eigenvalue weighted by atomic mass is 10.2. The van der Waals surface area contributed by atoms with Crippen LogP contribution in [0.5, 0.6) is 0 Å². The number of hydrogen-bond donors (Lipinski definition) is 1. The fourth-order valence-corrected chi connectivity index (χ4v) is 1.65. The molecular formula is C10H7ClFN3O2. The zero-order chi connectivity index (χ0) is 12.4. The standard InChI is InChI=1S/C10H7ClFN3O2/c11-7-2-1-3-8(12)10(7)15-6(4-9(16)17)5-13-14-15/h1-3,5H,4H2,(H,16,17). The number of benzene rings is 1. The number of carboxylic acid groups (broad SMARTS) is 1. The largest absolute Gasteiger partial charge is 0.481 e. The van der Waals surface area contributed by atoms with Gasteiger partial charge in [-0.25, -0.2) is 9.07 Å². The Balaban J connectivity index is 2.53. The molecule has 0 saturated heterocycles. The number of aromatic nitrogens is 3. The highest BCUT2D eigenvalue weighted by Gasteiger charge is 2.15. The molecule has 0 amide bonds. The highest BCUT2D eigenvalue weighted by molar-refractivity contribution is 6.32. The van der Waals surface area contributed by atoms with Crippen molar-refractivity contribution in [3.8, 4) is 5.69 Å². The van der Waals surface area contributed by atoms with Crippen LogP contribution in [0.25, 0.3) is 5.69 Å². The van der Waals surface area contributed by atoms with Gasteiger partial charge in [-0.1, -0.05) is 22.9 Å². The van der Waals surface area contributed by atoms with Crippen LogP contribution in [0.15, 0.2) is 24.4 Å². The molecular weight excluding hydrogens is 249 g/mol. The van der Waals surface area contributed by atoms with Gasteiger partial charge in [0.15, 0.2) is 0 Å². The number of carboxylic acids is 1. The molecule has 0 spiro atoms. The summed E-state index contributed by atoms with van der Waals surface area (Å²) in [5, 5.41) is 16.0. The van der Waals surface area contributed by atoms with E-state index in [1.54, 1.807) is 0 Å². The van der Waals surface area contributed by atoms with Crippen molar-refractivity contribution in [3.05, 3.63) is 40.9 Å². The van der Waals surface area contributed by atoms with Crippen molar-refractivity contribution in [1.29, 1.82) is 0 Å². The topological polar surface area (TPSA) is 68.0 Å². The molecule has 0 aliphatic rings. The summed E-state index contributed by atoms with van der Waals surface area (Å²) in [7, 11) is 0. The smallest absolute Gasteiger partial charge is 0.309 e. The van der Waals surface area contributed by atoms with Crippen LogP contribution in [0, 0.1) is 5.82 Å². The number of aliphatic carboxylic acids is 1. The second kappa shape index (κ2) is 4.50. The van der Waals surface area contributed by atoms with Crippen molar-refractivity contribution in [2.24, 2.45) is 0 Å². The third kappa shape index (κ3) is 2.26. The van der Waals surface area contributed by atoms with Crippen molar-refractivity contribution < 1.29 is 14.3 Å². The van der Waals surface area contributed by atoms with Crippen LogP contribution in [0.3, 0.4) is 0 Å². The maximum Gasteiger partial charge on any atom is 0.309 e. The van der Waals surface area contributed by atoms with Gasteiger partial charge in [-0.15, -0.1) is 5.10 Å². The number of halogens is 2. The second-order valence-corrected chi connectivity index (χ2v) is 3.69. The van der Waals surface area contributed by atoms with Crippen molar-refractivity contribution in [1.82, 2.24) is 15.0 Å². The molecule has 2 aromatic rings. The average molecular weight is 256 g/mol. The summed E-state index contributed by atoms with van der Waals surface area (Å²) in [6, 6.07) is 4.16. The Morgan fingerprint density at radius 1 is 1.53 bits per heavy atom. The van der Waals surface area contributed by atoms with Crippen LogP contribution in [-0.2, 0) is 11.2 Å². The highest BCUT2D eigenvalue weighted by atomic mass is 35.5. The molecule has 0 aliphatic heterocycles. The minimum Gasteiger partial charge on any atom is -0.481 e. The van der Waals surface area contributed by atoms with Crippen molar-refractivity contribution in [2.45, 2.75) is 6.42 Å². The molecule has 1 heterocycles. The van der Waals surface area contributed by atoms with Gasteiger partial charge in [0, 0.05) is 0 Å². The van der Waals surface area contributed by atoms with E-state index in [2.05, 4.69) is 10.3 Å². The number of rotatable bonds is 3. The van der Waals surface area contributed by atoms with E-state index < -0.39 is 11.8 Å². The van der Waals surface area contributed by atoms with Crippen LogP contribution in [-0.4, -0.2) is 26.1 Å². The van der Waals surface area contributed by atoms with Gasteiger partial charge in [0.2, 0.25) is 0 Å². The minimum absolute atomic E-state index is 0.00270. The van der Waals surface area contributed by atoms with Crippen LogP contribution in [0.1, 0.15) is 5.69 Å². The maximum atomic E-state index is 13.6. The Kier molecular flexibility index (Phi) is 3.06. The summed E-state index contributed by atoms with van der Waals surface area (Å²) in [6.07, 6.45) is 0.953. The molecule has 0 unspecified atom stereocenters. The van der Waals surface area contributed by atoms with E-state index >= 15 is 0 Å². The predicted molar refractivity (Wildman–Crippen MR) is 57.7 cm³/mol. The van der Waals surface area contributed by atoms with E-state index in [1.807, 2.05) is 0 Å². The molecule has 1 aromatic carbocycles. The van der Waals surface area contributed by atoms with Gasteiger partial charge < -0.3 is 5.11 Å². The maximum absolute atomic E-state index is 13.6. The molecule has 2 rings (SSSR count). The van der Waals surface area contributed by atoms with E-state index in [1.165, 1.54) is 24.4 Å². The van der Waals surface area contributed by atoms with Crippen molar-refractivity contribution >= 4 is 17.6 Å². The lowest BCUT2D eigenvalue weighted by Gasteiger charge is -2.07. The van der Waals surface area contributed by atoms with Gasteiger partial charge in [-0.2, -0.15) is 0 Å². The van der Waals surface area contributed by atoms with Crippen LogP contribution in [0.4, 0.5) is 4.39 Å². The van der Waals surface area contributed by atoms with Crippen molar-refractivity contribution in [2.75, 3.05) is 0 Å². The van der Waals surface area contributed by atoms with E-state index in [9.17, 15) is 9.18 Å². The molecule has 88 valence electrons. The number of hydrogen-bond acceptors (Lipinski definition) is 3. The van der Waals surface area contributed by atoms with Crippen molar-refractivity contribution in [3.63, 3.8) is 0 Å². The fraction of sp³-hybridized carbons (Fsp3) is 0.100. The third-order valence-corrected chi connectivity index (χ3v) is 2.41. The van der Waals surface area contributed by atoms with E-state index in [-0.39, 0.29) is 22.8 Å². The summed E-state index contributed by atoms with van der Waals surface area (Å²) < 4.78 is 14.7. The summed E-state index contributed by atoms with van der Waals surface area (Å²) in [5.74, 6) is -1.64. The summed E-state index contributed by atoms with van der Waals surface area (Å²) in [5.41, 5.74) is 0.257. The average Bonchev–Trinajstić information content (AvgIpc) is 2.65. The fourth-order valence-electron chi connectivity index (χ4n) is 1.41. The van der Waals surface area contributed by atoms with Gasteiger partial charge in [0.1, 0.15) is 11.5 Å². The molecule has 0 radical (unpaired) electrons. The first kappa shape index (κ1) is 11.5. The van der Waals surface area contributed by atoms with Gasteiger partial charge in [0.25, 0.3) is 0 Å². The Bertz CT molecular complexity index is 550. The molecule has 17 heavy (non-hydrogen) atoms. The molecule has 1 aromatic heterocycles. The first-order valence-electron chi connectivity index (χ1n) is 4.65. The van der Waals surface area contributed by atoms with E-state index in [0.717, 1.165) is 4.68 Å². The van der Waals surface area contributed by atoms with Gasteiger partial charge >= 0.3 is 5.97 Å². The highest BCUT2D eigenvalue weighted by Crippen LogP contribution is 2.23. The SMILES string of the molecule is O=C(O)Cc1cnnn1-c1c(F)cccc1Cl. The molecule has 0 bridgehead atoms. The van der Waals surface area contributed by atoms with Crippen LogP contribution >= 0.6 is 11.6 Å². The molecule has 5 nitrogen and oxygen atoms in total. The summed E-state index contributed by atoms with van der Waals surface area (Å²) >= 11 is 5.85. The molecule has 0 fully saturated rings. The molecule has 0 saturated carbocycles. The first-order valence-corrected chi connectivity index (χ1v) is 5.03. The zero-order valence-electron chi connectivity index (χ0n) is 8.47. The monoisotopic (exact) mass is 255 g/mol. The summed E-state index contributed by atoms with van der Waals surface area (Å²) in [4.78, 5) is 10.6. The Morgan fingerprint density at radius 2 is 2.29 bits per heavy atom. The molecule has 7 heteroatoms. The predicted octanol–water partition coefficient (Wildman–Crippen LogP) is 1.69. The number of nitrogens with zero attached hydrogens (tertiary/aromatic N) is 3. The van der Waals surface area contributed by atoms with Crippen LogP contribution < -0.4 is 0 Å². The first-order chi connectivity index (χ1) is 8.09. The second-order valence-electron chi connectivity index (χ2n) is 3.28. The number of carbonyl (C=O) groups is 1. The van der Waals surface area contributed by atoms with Gasteiger partial charge in [0.05, 0.1) is 23.3 Å². The van der Waals surface area contributed by atoms with Crippen LogP contribution in [0.2, 0.25) is 5.02 Å². The normalized spacial score (nSPS) is 10.5. The Morgan fingerprint density at radius 3 is 2.94 bits per heavy atom. The Labute approximate surface area is 100 Å². The third-order valence-electron chi connectivity index (χ3n) is 2.10.